The Morgan fingerprint density at radius 1 is 0.824 bits per heavy atom. The van der Waals surface area contributed by atoms with Crippen molar-refractivity contribution in [1.29, 1.82) is 0 Å². The van der Waals surface area contributed by atoms with Gasteiger partial charge in [-0.15, -0.1) is 0 Å². The Hall–Kier alpha value is -0.0800. The van der Waals surface area contributed by atoms with Crippen molar-refractivity contribution in [3.05, 3.63) is 0 Å². The van der Waals surface area contributed by atoms with Gasteiger partial charge >= 0.3 is 0 Å². The molecule has 0 saturated heterocycles. The van der Waals surface area contributed by atoms with Gasteiger partial charge < -0.3 is 10.2 Å². The monoisotopic (exact) mass is 240 g/mol. The van der Waals surface area contributed by atoms with Crippen molar-refractivity contribution < 1.29 is 10.2 Å². The van der Waals surface area contributed by atoms with E-state index in [1.165, 1.54) is 0 Å². The highest BCUT2D eigenvalue weighted by atomic mass is 16.3. The Balaban J connectivity index is 2.04. The molecule has 0 aromatic rings. The minimum atomic E-state index is -0.175. The normalized spacial score (nSPS) is 43.9. The predicted octanol–water partition coefficient (Wildman–Crippen LogP) is 2.97. The van der Waals surface area contributed by atoms with Crippen molar-refractivity contribution in [2.45, 2.75) is 71.5 Å². The molecule has 2 saturated carbocycles. The zero-order chi connectivity index (χ0) is 12.6. The Labute approximate surface area is 105 Å². The molecule has 100 valence electrons. The van der Waals surface area contributed by atoms with Crippen LogP contribution in [0.3, 0.4) is 0 Å². The third-order valence-corrected chi connectivity index (χ3v) is 5.17. The molecule has 0 aromatic heterocycles. The highest BCUT2D eigenvalue weighted by Gasteiger charge is 2.42. The van der Waals surface area contributed by atoms with Crippen LogP contribution in [0.4, 0.5) is 0 Å². The Morgan fingerprint density at radius 3 is 2.00 bits per heavy atom. The number of hydrogen-bond donors (Lipinski definition) is 2. The number of aliphatic hydroxyl groups is 2. The maximum Gasteiger partial charge on any atom is 0.0572 e. The first-order valence-electron chi connectivity index (χ1n) is 7.25. The standard InChI is InChI=1S/C15H28O2/c1-15(2,3)10-7-8-14(17)12(9-10)11-5-4-6-13(11)16/h10-14,16-17H,4-9H2,1-3H3. The van der Waals surface area contributed by atoms with E-state index in [2.05, 4.69) is 20.8 Å². The molecular weight excluding hydrogens is 212 g/mol. The van der Waals surface area contributed by atoms with Gasteiger partial charge in [0, 0.05) is 0 Å². The summed E-state index contributed by atoms with van der Waals surface area (Å²) in [5, 5.41) is 20.3. The second kappa shape index (κ2) is 4.89. The van der Waals surface area contributed by atoms with Crippen LogP contribution in [0, 0.1) is 23.2 Å². The van der Waals surface area contributed by atoms with E-state index in [4.69, 9.17) is 0 Å². The van der Waals surface area contributed by atoms with Crippen molar-refractivity contribution in [3.8, 4) is 0 Å². The van der Waals surface area contributed by atoms with Gasteiger partial charge in [-0.1, -0.05) is 27.2 Å². The fraction of sp³-hybridized carbons (Fsp3) is 1.00. The van der Waals surface area contributed by atoms with Crippen molar-refractivity contribution >= 4 is 0 Å². The minimum Gasteiger partial charge on any atom is -0.393 e. The van der Waals surface area contributed by atoms with Crippen LogP contribution in [0.2, 0.25) is 0 Å². The SMILES string of the molecule is CC(C)(C)C1CCC(O)C(C2CCCC2O)C1. The van der Waals surface area contributed by atoms with E-state index in [-0.39, 0.29) is 12.2 Å². The zero-order valence-electron chi connectivity index (χ0n) is 11.5. The third kappa shape index (κ3) is 2.85. The van der Waals surface area contributed by atoms with Crippen molar-refractivity contribution in [1.82, 2.24) is 0 Å². The average molecular weight is 240 g/mol. The Morgan fingerprint density at radius 2 is 1.47 bits per heavy atom. The molecule has 0 radical (unpaired) electrons. The average Bonchev–Trinajstić information content (AvgIpc) is 2.63. The Kier molecular flexibility index (Phi) is 3.84. The number of aliphatic hydroxyl groups excluding tert-OH is 2. The van der Waals surface area contributed by atoms with E-state index < -0.39 is 0 Å². The van der Waals surface area contributed by atoms with Crippen LogP contribution in [-0.2, 0) is 0 Å². The van der Waals surface area contributed by atoms with Crippen molar-refractivity contribution in [2.24, 2.45) is 23.2 Å². The fourth-order valence-electron chi connectivity index (χ4n) is 3.90. The zero-order valence-corrected chi connectivity index (χ0v) is 11.5. The molecule has 2 aliphatic carbocycles. The summed E-state index contributed by atoms with van der Waals surface area (Å²) in [5.41, 5.74) is 0.335. The lowest BCUT2D eigenvalue weighted by molar-refractivity contribution is -0.0335. The summed E-state index contributed by atoms with van der Waals surface area (Å²) in [4.78, 5) is 0. The van der Waals surface area contributed by atoms with Gasteiger partial charge in [-0.05, 0) is 55.3 Å². The van der Waals surface area contributed by atoms with Crippen molar-refractivity contribution in [3.63, 3.8) is 0 Å². The van der Waals surface area contributed by atoms with Gasteiger partial charge in [-0.25, -0.2) is 0 Å². The summed E-state index contributed by atoms with van der Waals surface area (Å²) in [7, 11) is 0. The molecule has 0 aliphatic heterocycles. The lowest BCUT2D eigenvalue weighted by atomic mass is 9.65. The first-order chi connectivity index (χ1) is 7.89. The smallest absolute Gasteiger partial charge is 0.0572 e. The number of rotatable bonds is 1. The molecule has 2 nitrogen and oxygen atoms in total. The van der Waals surface area contributed by atoms with E-state index in [1.807, 2.05) is 0 Å². The second-order valence-electron chi connectivity index (χ2n) is 7.27. The summed E-state index contributed by atoms with van der Waals surface area (Å²) < 4.78 is 0. The van der Waals surface area contributed by atoms with Crippen LogP contribution in [0.25, 0.3) is 0 Å². The van der Waals surface area contributed by atoms with Gasteiger partial charge in [0.2, 0.25) is 0 Å². The van der Waals surface area contributed by atoms with Crippen LogP contribution in [-0.4, -0.2) is 22.4 Å². The quantitative estimate of drug-likeness (QED) is 0.740. The number of hydrogen-bond acceptors (Lipinski definition) is 2. The molecule has 0 heterocycles. The van der Waals surface area contributed by atoms with Gasteiger partial charge in [0.05, 0.1) is 12.2 Å². The highest BCUT2D eigenvalue weighted by molar-refractivity contribution is 4.92. The molecule has 2 heteroatoms. The minimum absolute atomic E-state index is 0.159. The summed E-state index contributed by atoms with van der Waals surface area (Å²) in [6.45, 7) is 6.91. The second-order valence-corrected chi connectivity index (χ2v) is 7.27. The molecule has 2 aliphatic rings. The van der Waals surface area contributed by atoms with Crippen LogP contribution in [0.15, 0.2) is 0 Å². The topological polar surface area (TPSA) is 40.5 Å². The first-order valence-corrected chi connectivity index (χ1v) is 7.25. The van der Waals surface area contributed by atoms with Crippen LogP contribution < -0.4 is 0 Å². The van der Waals surface area contributed by atoms with Gasteiger partial charge in [-0.2, -0.15) is 0 Å². The van der Waals surface area contributed by atoms with E-state index in [0.29, 0.717) is 23.2 Å². The molecule has 0 amide bonds. The summed E-state index contributed by atoms with van der Waals surface area (Å²) in [6.07, 6.45) is 6.02. The molecule has 0 bridgehead atoms. The van der Waals surface area contributed by atoms with Crippen LogP contribution in [0.1, 0.15) is 59.3 Å². The maximum absolute atomic E-state index is 10.2. The molecule has 5 atom stereocenters. The lowest BCUT2D eigenvalue weighted by Crippen LogP contribution is -2.40. The fourth-order valence-corrected chi connectivity index (χ4v) is 3.90. The van der Waals surface area contributed by atoms with Crippen molar-refractivity contribution in [2.75, 3.05) is 0 Å². The summed E-state index contributed by atoms with van der Waals surface area (Å²) in [6, 6.07) is 0. The van der Waals surface area contributed by atoms with E-state index in [9.17, 15) is 10.2 Å². The van der Waals surface area contributed by atoms with Gasteiger partial charge in [0.25, 0.3) is 0 Å². The molecule has 2 rings (SSSR count). The molecule has 17 heavy (non-hydrogen) atoms. The van der Waals surface area contributed by atoms with E-state index in [0.717, 1.165) is 38.5 Å². The molecule has 2 N–H and O–H groups in total. The van der Waals surface area contributed by atoms with Crippen LogP contribution >= 0.6 is 0 Å². The highest BCUT2D eigenvalue weighted by Crippen LogP contribution is 2.46. The first kappa shape index (κ1) is 13.4. The van der Waals surface area contributed by atoms with Gasteiger partial charge in [0.15, 0.2) is 0 Å². The molecule has 2 fully saturated rings. The molecule has 0 spiro atoms. The predicted molar refractivity (Wildman–Crippen MR) is 69.6 cm³/mol. The summed E-state index contributed by atoms with van der Waals surface area (Å²) in [5.74, 6) is 1.39. The molecular formula is C15H28O2. The lowest BCUT2D eigenvalue weighted by Gasteiger charge is -2.43. The summed E-state index contributed by atoms with van der Waals surface area (Å²) >= 11 is 0. The van der Waals surface area contributed by atoms with E-state index in [1.54, 1.807) is 0 Å². The maximum atomic E-state index is 10.2. The van der Waals surface area contributed by atoms with Gasteiger partial charge in [0.1, 0.15) is 0 Å². The third-order valence-electron chi connectivity index (χ3n) is 5.17. The largest absolute Gasteiger partial charge is 0.393 e. The molecule has 0 aromatic carbocycles. The van der Waals surface area contributed by atoms with Crippen LogP contribution in [0.5, 0.6) is 0 Å². The van der Waals surface area contributed by atoms with Gasteiger partial charge in [-0.3, -0.25) is 0 Å². The molecule has 5 unspecified atom stereocenters. The Bertz CT molecular complexity index is 256. The van der Waals surface area contributed by atoms with E-state index >= 15 is 0 Å².